The second-order valence-electron chi connectivity index (χ2n) is 3.91. The second-order valence-corrected chi connectivity index (χ2v) is 5.98. The Kier molecular flexibility index (Phi) is 5.18. The van der Waals surface area contributed by atoms with E-state index in [1.807, 2.05) is 0 Å². The molecule has 110 valence electrons. The van der Waals surface area contributed by atoms with Crippen LogP contribution >= 0.6 is 43.5 Å². The van der Waals surface area contributed by atoms with Crippen LogP contribution in [0.2, 0.25) is 5.15 Å². The summed E-state index contributed by atoms with van der Waals surface area (Å²) in [7, 11) is 1.51. The summed E-state index contributed by atoms with van der Waals surface area (Å²) in [6, 6.07) is 4.36. The number of amides is 1. The van der Waals surface area contributed by atoms with Gasteiger partial charge < -0.3 is 10.1 Å². The fourth-order valence-electron chi connectivity index (χ4n) is 1.55. The molecule has 0 aliphatic carbocycles. The van der Waals surface area contributed by atoms with E-state index in [1.165, 1.54) is 7.11 Å². The summed E-state index contributed by atoms with van der Waals surface area (Å²) < 4.78 is 19.7. The van der Waals surface area contributed by atoms with Crippen molar-refractivity contribution in [1.29, 1.82) is 0 Å². The Bertz CT molecular complexity index is 713. The lowest BCUT2D eigenvalue weighted by Gasteiger charge is -2.11. The Hall–Kier alpha value is -1.18. The van der Waals surface area contributed by atoms with Crippen molar-refractivity contribution in [3.8, 4) is 5.75 Å². The molecule has 0 aliphatic heterocycles. The molecular weight excluding hydrogens is 430 g/mol. The number of methoxy groups -OCH3 is 1. The Balaban J connectivity index is 2.33. The highest BCUT2D eigenvalue weighted by Gasteiger charge is 2.15. The van der Waals surface area contributed by atoms with Crippen LogP contribution in [0, 0.1) is 5.82 Å². The molecule has 0 saturated carbocycles. The molecule has 1 amide bonds. The molecule has 2 rings (SSSR count). The van der Waals surface area contributed by atoms with Crippen molar-refractivity contribution in [3.05, 3.63) is 49.9 Å². The van der Waals surface area contributed by atoms with Gasteiger partial charge in [0.15, 0.2) is 0 Å². The van der Waals surface area contributed by atoms with E-state index in [0.717, 1.165) is 16.7 Å². The van der Waals surface area contributed by atoms with Crippen molar-refractivity contribution in [2.75, 3.05) is 12.4 Å². The molecule has 0 radical (unpaired) electrons. The number of pyridine rings is 1. The van der Waals surface area contributed by atoms with Crippen LogP contribution in [0.4, 0.5) is 10.1 Å². The summed E-state index contributed by atoms with van der Waals surface area (Å²) in [5.74, 6) is -0.675. The molecule has 0 aliphatic rings. The van der Waals surface area contributed by atoms with Gasteiger partial charge in [0.1, 0.15) is 16.7 Å². The largest absolute Gasteiger partial charge is 0.495 e. The average molecular weight is 438 g/mol. The van der Waals surface area contributed by atoms with Gasteiger partial charge in [-0.05, 0) is 44.0 Å². The van der Waals surface area contributed by atoms with Gasteiger partial charge in [-0.3, -0.25) is 4.79 Å². The second kappa shape index (κ2) is 6.72. The Morgan fingerprint density at radius 3 is 2.71 bits per heavy atom. The zero-order valence-corrected chi connectivity index (χ0v) is 14.5. The maximum atomic E-state index is 13.2. The number of rotatable bonds is 3. The van der Waals surface area contributed by atoms with Crippen molar-refractivity contribution < 1.29 is 13.9 Å². The number of aromatic nitrogens is 1. The van der Waals surface area contributed by atoms with E-state index in [4.69, 9.17) is 16.3 Å². The van der Waals surface area contributed by atoms with Crippen molar-refractivity contribution in [1.82, 2.24) is 4.98 Å². The van der Waals surface area contributed by atoms with Crippen LogP contribution in [0.15, 0.2) is 33.3 Å². The highest BCUT2D eigenvalue weighted by molar-refractivity contribution is 9.11. The molecule has 0 spiro atoms. The van der Waals surface area contributed by atoms with E-state index >= 15 is 0 Å². The molecular formula is C13H8Br2ClFN2O2. The number of nitrogens with one attached hydrogen (secondary N) is 1. The molecule has 0 unspecified atom stereocenters. The Morgan fingerprint density at radius 2 is 2.05 bits per heavy atom. The molecule has 1 aromatic heterocycles. The normalized spacial score (nSPS) is 10.3. The highest BCUT2D eigenvalue weighted by atomic mass is 79.9. The zero-order chi connectivity index (χ0) is 15.6. The molecule has 1 aromatic carbocycles. The first-order valence-electron chi connectivity index (χ1n) is 5.57. The molecule has 1 heterocycles. The molecule has 4 nitrogen and oxygen atoms in total. The van der Waals surface area contributed by atoms with Crippen LogP contribution in [0.25, 0.3) is 0 Å². The third-order valence-corrected chi connectivity index (χ3v) is 4.12. The van der Waals surface area contributed by atoms with Crippen LogP contribution in [0.1, 0.15) is 10.4 Å². The van der Waals surface area contributed by atoms with Gasteiger partial charge in [0, 0.05) is 10.5 Å². The summed E-state index contributed by atoms with van der Waals surface area (Å²) in [6.07, 6.45) is 0.942. The van der Waals surface area contributed by atoms with Crippen molar-refractivity contribution in [2.45, 2.75) is 0 Å². The van der Waals surface area contributed by atoms with E-state index in [1.54, 1.807) is 12.1 Å². The summed E-state index contributed by atoms with van der Waals surface area (Å²) in [5, 5.41) is 2.54. The molecule has 0 fully saturated rings. The van der Waals surface area contributed by atoms with Gasteiger partial charge >= 0.3 is 0 Å². The summed E-state index contributed by atoms with van der Waals surface area (Å²) in [6.45, 7) is 0. The number of carbonyl (C=O) groups excluding carboxylic acids is 1. The lowest BCUT2D eigenvalue weighted by molar-refractivity contribution is 0.102. The average Bonchev–Trinajstić information content (AvgIpc) is 2.44. The number of benzene rings is 1. The van der Waals surface area contributed by atoms with Crippen molar-refractivity contribution in [2.24, 2.45) is 0 Å². The van der Waals surface area contributed by atoms with Gasteiger partial charge in [-0.15, -0.1) is 0 Å². The molecule has 0 atom stereocenters. The minimum absolute atomic E-state index is 0.0505. The molecule has 1 N–H and O–H groups in total. The quantitative estimate of drug-likeness (QED) is 0.710. The number of nitrogens with zero attached hydrogens (tertiary/aromatic N) is 1. The Morgan fingerprint density at radius 1 is 1.33 bits per heavy atom. The third kappa shape index (κ3) is 3.72. The van der Waals surface area contributed by atoms with Gasteiger partial charge in [0.05, 0.1) is 29.0 Å². The fraction of sp³-hybridized carbons (Fsp3) is 0.0769. The summed E-state index contributed by atoms with van der Waals surface area (Å²) >= 11 is 12.4. The van der Waals surface area contributed by atoms with E-state index < -0.39 is 11.7 Å². The van der Waals surface area contributed by atoms with Crippen molar-refractivity contribution >= 4 is 55.1 Å². The van der Waals surface area contributed by atoms with Crippen LogP contribution in [-0.2, 0) is 0 Å². The van der Waals surface area contributed by atoms with Gasteiger partial charge in [-0.2, -0.15) is 0 Å². The predicted molar refractivity (Wildman–Crippen MR) is 85.6 cm³/mol. The number of ether oxygens (including phenoxy) is 1. The summed E-state index contributed by atoms with van der Waals surface area (Å²) in [4.78, 5) is 15.7. The maximum absolute atomic E-state index is 13.2. The first-order valence-corrected chi connectivity index (χ1v) is 7.54. The number of hydrogen-bond acceptors (Lipinski definition) is 3. The van der Waals surface area contributed by atoms with E-state index in [0.29, 0.717) is 15.9 Å². The molecule has 2 aromatic rings. The topological polar surface area (TPSA) is 51.2 Å². The monoisotopic (exact) mass is 436 g/mol. The molecule has 0 saturated heterocycles. The molecule has 0 bridgehead atoms. The Labute approximate surface area is 141 Å². The predicted octanol–water partition coefficient (Wildman–Crippen LogP) is 4.66. The highest BCUT2D eigenvalue weighted by Crippen LogP contribution is 2.34. The van der Waals surface area contributed by atoms with Gasteiger partial charge in [-0.1, -0.05) is 11.6 Å². The molecule has 21 heavy (non-hydrogen) atoms. The number of carbonyl (C=O) groups is 1. The zero-order valence-electron chi connectivity index (χ0n) is 10.6. The number of hydrogen-bond donors (Lipinski definition) is 1. The van der Waals surface area contributed by atoms with E-state index in [9.17, 15) is 9.18 Å². The first-order chi connectivity index (χ1) is 9.92. The van der Waals surface area contributed by atoms with Gasteiger partial charge in [0.2, 0.25) is 0 Å². The lowest BCUT2D eigenvalue weighted by atomic mass is 10.2. The number of halogens is 4. The minimum atomic E-state index is -0.642. The fourth-order valence-corrected chi connectivity index (χ4v) is 3.00. The van der Waals surface area contributed by atoms with Crippen LogP contribution in [-0.4, -0.2) is 18.0 Å². The van der Waals surface area contributed by atoms with Gasteiger partial charge in [-0.25, -0.2) is 9.37 Å². The summed E-state index contributed by atoms with van der Waals surface area (Å²) in [5.41, 5.74) is 0.408. The van der Waals surface area contributed by atoms with Gasteiger partial charge in [0.25, 0.3) is 5.91 Å². The number of anilines is 1. The minimum Gasteiger partial charge on any atom is -0.495 e. The standard InChI is InChI=1S/C13H8Br2ClFN2O2/c1-21-11-4-10(8(14)3-9(11)15)19-13(20)7-2-6(17)5-18-12(7)16/h2-5H,1H3,(H,19,20). The SMILES string of the molecule is COc1cc(NC(=O)c2cc(F)cnc2Cl)c(Br)cc1Br. The van der Waals surface area contributed by atoms with Crippen LogP contribution in [0.5, 0.6) is 5.75 Å². The third-order valence-electron chi connectivity index (χ3n) is 2.54. The van der Waals surface area contributed by atoms with E-state index in [2.05, 4.69) is 42.2 Å². The first kappa shape index (κ1) is 16.2. The van der Waals surface area contributed by atoms with Crippen LogP contribution in [0.3, 0.4) is 0 Å². The maximum Gasteiger partial charge on any atom is 0.258 e. The lowest BCUT2D eigenvalue weighted by Crippen LogP contribution is -2.14. The van der Waals surface area contributed by atoms with E-state index in [-0.39, 0.29) is 10.7 Å². The molecule has 8 heteroatoms. The van der Waals surface area contributed by atoms with Crippen molar-refractivity contribution in [3.63, 3.8) is 0 Å². The van der Waals surface area contributed by atoms with Crippen LogP contribution < -0.4 is 10.1 Å². The smallest absolute Gasteiger partial charge is 0.258 e.